The van der Waals surface area contributed by atoms with Gasteiger partial charge in [0.1, 0.15) is 6.07 Å². The van der Waals surface area contributed by atoms with Crippen LogP contribution < -0.4 is 14.2 Å². The molecule has 0 radical (unpaired) electrons. The van der Waals surface area contributed by atoms with Crippen molar-refractivity contribution in [2.24, 2.45) is 0 Å². The van der Waals surface area contributed by atoms with Gasteiger partial charge in [-0.2, -0.15) is 4.73 Å². The van der Waals surface area contributed by atoms with Gasteiger partial charge in [-0.15, -0.1) is 0 Å². The van der Waals surface area contributed by atoms with Crippen LogP contribution in [0.2, 0.25) is 0 Å². The molecular weight excluding hydrogens is 336 g/mol. The van der Waals surface area contributed by atoms with Gasteiger partial charge >= 0.3 is 11.4 Å². The Morgan fingerprint density at radius 2 is 1.40 bits per heavy atom. The van der Waals surface area contributed by atoms with Crippen LogP contribution in [0.25, 0.3) is 0 Å². The molecular formula is C14H16N4O7. The summed E-state index contributed by atoms with van der Waals surface area (Å²) in [6, 6.07) is 2.01. The van der Waals surface area contributed by atoms with Gasteiger partial charge in [0.05, 0.1) is 35.5 Å². The summed E-state index contributed by atoms with van der Waals surface area (Å²) in [7, 11) is 0. The Hall–Kier alpha value is -3.50. The summed E-state index contributed by atoms with van der Waals surface area (Å²) in [4.78, 5) is 23.8. The smallest absolute Gasteiger partial charge is 0.318 e. The van der Waals surface area contributed by atoms with E-state index in [0.29, 0.717) is 4.73 Å². The lowest BCUT2D eigenvalue weighted by atomic mass is 10.2. The molecule has 1 aromatic carbocycles. The molecule has 0 unspecified atom stereocenters. The molecule has 2 rings (SSSR count). The summed E-state index contributed by atoms with van der Waals surface area (Å²) >= 11 is 0. The number of ether oxygens (including phenoxy) is 2. The second-order valence-corrected chi connectivity index (χ2v) is 4.27. The van der Waals surface area contributed by atoms with Crippen LogP contribution in [0.15, 0.2) is 36.9 Å². The van der Waals surface area contributed by atoms with Gasteiger partial charge in [-0.1, -0.05) is 0 Å². The summed E-state index contributed by atoms with van der Waals surface area (Å²) in [6.45, 7) is 3.74. The molecule has 0 N–H and O–H groups in total. The van der Waals surface area contributed by atoms with Crippen molar-refractivity contribution < 1.29 is 24.1 Å². The third-order valence-corrected chi connectivity index (χ3v) is 2.63. The van der Waals surface area contributed by atoms with E-state index >= 15 is 0 Å². The van der Waals surface area contributed by atoms with Crippen molar-refractivity contribution in [3.05, 3.63) is 62.4 Å². The molecule has 0 saturated carbocycles. The molecule has 0 spiro atoms. The van der Waals surface area contributed by atoms with Crippen LogP contribution in [0.5, 0.6) is 11.5 Å². The molecule has 0 atom stereocenters. The molecule has 0 amide bonds. The second-order valence-electron chi connectivity index (χ2n) is 4.27. The van der Waals surface area contributed by atoms with Crippen molar-refractivity contribution in [3.63, 3.8) is 0 Å². The van der Waals surface area contributed by atoms with Crippen molar-refractivity contribution in [1.82, 2.24) is 4.98 Å². The highest BCUT2D eigenvalue weighted by molar-refractivity contribution is 5.61. The molecule has 0 aliphatic carbocycles. The Balaban J connectivity index is 0.000000370. The van der Waals surface area contributed by atoms with Crippen LogP contribution in [0.1, 0.15) is 13.8 Å². The number of hydrogen-bond donors (Lipinski definition) is 0. The minimum atomic E-state index is -0.728. The Bertz CT molecular complexity index is 685. The fourth-order valence-electron chi connectivity index (χ4n) is 1.67. The molecule has 134 valence electrons. The van der Waals surface area contributed by atoms with Crippen LogP contribution in [0.4, 0.5) is 11.4 Å². The minimum Gasteiger partial charge on any atom is -0.619 e. The standard InChI is InChI=1S/C10H12N2O6.C4H4N2O/c1-3-17-9-6-10(18-4-2)8(12(15)16)5-7(9)11(13)14;7-6-3-1-5-2-4-6/h5-6H,3-4H2,1-2H3;1-4H. The topological polar surface area (TPSA) is 145 Å². The Kier molecular flexibility index (Phi) is 7.50. The molecule has 11 nitrogen and oxygen atoms in total. The molecule has 2 aromatic rings. The van der Waals surface area contributed by atoms with E-state index < -0.39 is 21.2 Å². The molecule has 11 heteroatoms. The molecule has 0 bridgehead atoms. The van der Waals surface area contributed by atoms with Gasteiger partial charge in [0.15, 0.2) is 12.4 Å². The number of nitro groups is 2. The molecule has 0 fully saturated rings. The van der Waals surface area contributed by atoms with Crippen LogP contribution in [-0.4, -0.2) is 28.0 Å². The van der Waals surface area contributed by atoms with E-state index in [-0.39, 0.29) is 24.7 Å². The molecule has 25 heavy (non-hydrogen) atoms. The third kappa shape index (κ3) is 5.89. The van der Waals surface area contributed by atoms with E-state index in [4.69, 9.17) is 9.47 Å². The largest absolute Gasteiger partial charge is 0.619 e. The molecule has 0 aliphatic heterocycles. The van der Waals surface area contributed by atoms with Gasteiger partial charge in [0.2, 0.25) is 11.5 Å². The maximum Gasteiger partial charge on any atom is 0.318 e. The van der Waals surface area contributed by atoms with Crippen molar-refractivity contribution >= 4 is 11.4 Å². The lowest BCUT2D eigenvalue weighted by molar-refractivity contribution is -0.606. The summed E-state index contributed by atoms with van der Waals surface area (Å²) in [5, 5.41) is 31.8. The van der Waals surface area contributed by atoms with Crippen LogP contribution in [0.3, 0.4) is 0 Å². The van der Waals surface area contributed by atoms with Crippen molar-refractivity contribution in [3.8, 4) is 11.5 Å². The number of nitrogens with zero attached hydrogens (tertiary/aromatic N) is 4. The first-order chi connectivity index (χ1) is 11.9. The monoisotopic (exact) mass is 352 g/mol. The van der Waals surface area contributed by atoms with Crippen LogP contribution >= 0.6 is 0 Å². The first-order valence-corrected chi connectivity index (χ1v) is 7.11. The van der Waals surface area contributed by atoms with Crippen molar-refractivity contribution in [2.75, 3.05) is 13.2 Å². The average Bonchev–Trinajstić information content (AvgIpc) is 2.56. The first kappa shape index (κ1) is 19.5. The van der Waals surface area contributed by atoms with E-state index in [1.54, 1.807) is 13.8 Å². The van der Waals surface area contributed by atoms with Gasteiger partial charge in [0, 0.05) is 6.07 Å². The number of hydrogen-bond acceptors (Lipinski definition) is 8. The zero-order chi connectivity index (χ0) is 18.8. The van der Waals surface area contributed by atoms with Gasteiger partial charge in [-0.05, 0) is 13.8 Å². The maximum atomic E-state index is 10.8. The summed E-state index contributed by atoms with van der Waals surface area (Å²) in [6.07, 6.45) is 5.54. The van der Waals surface area contributed by atoms with Crippen molar-refractivity contribution in [2.45, 2.75) is 13.8 Å². The molecule has 0 aliphatic rings. The normalized spacial score (nSPS) is 9.52. The highest BCUT2D eigenvalue weighted by Gasteiger charge is 2.26. The third-order valence-electron chi connectivity index (χ3n) is 2.63. The summed E-state index contributed by atoms with van der Waals surface area (Å²) in [5.41, 5.74) is -0.904. The SMILES string of the molecule is CCOc1cc(OCC)c([N+](=O)[O-])cc1[N+](=O)[O-].[O-][n+]1ccncc1. The number of rotatable bonds is 6. The summed E-state index contributed by atoms with van der Waals surface area (Å²) in [5.74, 6) is -0.0897. The lowest BCUT2D eigenvalue weighted by Gasteiger charge is -2.08. The Morgan fingerprint density at radius 3 is 1.68 bits per heavy atom. The molecule has 1 aromatic heterocycles. The fourth-order valence-corrected chi connectivity index (χ4v) is 1.67. The first-order valence-electron chi connectivity index (χ1n) is 7.11. The quantitative estimate of drug-likeness (QED) is 0.332. The fraction of sp³-hybridized carbons (Fsp3) is 0.286. The van der Waals surface area contributed by atoms with E-state index in [9.17, 15) is 25.4 Å². The zero-order valence-electron chi connectivity index (χ0n) is 13.5. The Morgan fingerprint density at radius 1 is 0.960 bits per heavy atom. The van der Waals surface area contributed by atoms with Gasteiger partial charge in [-0.25, -0.2) is 0 Å². The van der Waals surface area contributed by atoms with E-state index in [1.165, 1.54) is 30.9 Å². The van der Waals surface area contributed by atoms with E-state index in [0.717, 1.165) is 6.07 Å². The number of nitro benzene ring substituents is 2. The van der Waals surface area contributed by atoms with Gasteiger partial charge < -0.3 is 14.7 Å². The maximum absolute atomic E-state index is 10.8. The zero-order valence-corrected chi connectivity index (χ0v) is 13.5. The highest BCUT2D eigenvalue weighted by Crippen LogP contribution is 2.39. The summed E-state index contributed by atoms with van der Waals surface area (Å²) < 4.78 is 10.8. The van der Waals surface area contributed by atoms with Gasteiger partial charge in [0.25, 0.3) is 0 Å². The molecule has 0 saturated heterocycles. The van der Waals surface area contributed by atoms with Crippen molar-refractivity contribution in [1.29, 1.82) is 0 Å². The van der Waals surface area contributed by atoms with Crippen LogP contribution in [0, 0.1) is 25.4 Å². The second kappa shape index (κ2) is 9.60. The predicted octanol–water partition coefficient (Wildman–Crippen LogP) is 2.02. The predicted molar refractivity (Wildman–Crippen MR) is 85.3 cm³/mol. The van der Waals surface area contributed by atoms with Gasteiger partial charge in [-0.3, -0.25) is 25.2 Å². The minimum absolute atomic E-state index is 0.0449. The Labute approximate surface area is 142 Å². The number of benzene rings is 1. The lowest BCUT2D eigenvalue weighted by Crippen LogP contribution is -2.23. The van der Waals surface area contributed by atoms with E-state index in [2.05, 4.69) is 4.98 Å². The number of aromatic nitrogens is 2. The molecule has 1 heterocycles. The van der Waals surface area contributed by atoms with E-state index in [1.807, 2.05) is 0 Å². The highest BCUT2D eigenvalue weighted by atomic mass is 16.6. The average molecular weight is 352 g/mol. The van der Waals surface area contributed by atoms with Crippen LogP contribution in [-0.2, 0) is 0 Å².